The van der Waals surface area contributed by atoms with E-state index in [2.05, 4.69) is 18.7 Å². The Balaban J connectivity index is 3.80. The zero-order valence-corrected chi connectivity index (χ0v) is 10.2. The van der Waals surface area contributed by atoms with E-state index in [1.54, 1.807) is 0 Å². The Morgan fingerprint density at radius 3 is 2.21 bits per heavy atom. The van der Waals surface area contributed by atoms with Crippen LogP contribution in [0.15, 0.2) is 0 Å². The zero-order valence-electron chi connectivity index (χ0n) is 9.36. The Labute approximate surface area is 87.5 Å². The van der Waals surface area contributed by atoms with Crippen LogP contribution in [0.2, 0.25) is 0 Å². The van der Waals surface area contributed by atoms with Gasteiger partial charge in [-0.25, -0.2) is 13.6 Å². The smallest absolute Gasteiger partial charge is 0.210 e. The molecule has 0 aliphatic heterocycles. The highest BCUT2D eigenvalue weighted by Gasteiger charge is 2.08. The molecule has 0 fully saturated rings. The number of hydrogen-bond acceptors (Lipinski definition) is 3. The SMILES string of the molecule is CCN(CCC(C)C)CCS(N)(=O)=O. The van der Waals surface area contributed by atoms with Crippen molar-refractivity contribution in [3.05, 3.63) is 0 Å². The van der Waals surface area contributed by atoms with Gasteiger partial charge in [0.25, 0.3) is 0 Å². The third-order valence-corrected chi connectivity index (χ3v) is 2.91. The number of sulfonamides is 1. The summed E-state index contributed by atoms with van der Waals surface area (Å²) >= 11 is 0. The van der Waals surface area contributed by atoms with Crippen molar-refractivity contribution in [1.29, 1.82) is 0 Å². The fraction of sp³-hybridized carbons (Fsp3) is 1.00. The molecular weight excluding hydrogens is 200 g/mol. The first-order valence-corrected chi connectivity index (χ1v) is 6.79. The van der Waals surface area contributed by atoms with Crippen LogP contribution in [0, 0.1) is 5.92 Å². The quantitative estimate of drug-likeness (QED) is 0.687. The van der Waals surface area contributed by atoms with Gasteiger partial charge in [0.2, 0.25) is 10.0 Å². The predicted molar refractivity (Wildman–Crippen MR) is 59.5 cm³/mol. The van der Waals surface area contributed by atoms with E-state index in [1.807, 2.05) is 6.92 Å². The lowest BCUT2D eigenvalue weighted by Gasteiger charge is -2.20. The third kappa shape index (κ3) is 8.47. The van der Waals surface area contributed by atoms with Crippen LogP contribution >= 0.6 is 0 Å². The highest BCUT2D eigenvalue weighted by molar-refractivity contribution is 7.89. The van der Waals surface area contributed by atoms with Gasteiger partial charge >= 0.3 is 0 Å². The van der Waals surface area contributed by atoms with Gasteiger partial charge in [0.05, 0.1) is 5.75 Å². The maximum absolute atomic E-state index is 10.7. The Morgan fingerprint density at radius 2 is 1.86 bits per heavy atom. The first-order valence-electron chi connectivity index (χ1n) is 5.08. The second kappa shape index (κ2) is 6.37. The topological polar surface area (TPSA) is 63.4 Å². The summed E-state index contributed by atoms with van der Waals surface area (Å²) in [6.45, 7) is 8.72. The lowest BCUT2D eigenvalue weighted by Crippen LogP contribution is -2.32. The number of nitrogens with zero attached hydrogens (tertiary/aromatic N) is 1. The summed E-state index contributed by atoms with van der Waals surface area (Å²) in [6.07, 6.45) is 1.10. The van der Waals surface area contributed by atoms with E-state index < -0.39 is 10.0 Å². The van der Waals surface area contributed by atoms with Crippen LogP contribution in [0.3, 0.4) is 0 Å². The van der Waals surface area contributed by atoms with Crippen LogP contribution in [0.5, 0.6) is 0 Å². The van der Waals surface area contributed by atoms with Crippen LogP contribution in [0.1, 0.15) is 27.2 Å². The Bertz CT molecular complexity index is 237. The summed E-state index contributed by atoms with van der Waals surface area (Å²) in [4.78, 5) is 2.12. The molecule has 0 aromatic rings. The summed E-state index contributed by atoms with van der Waals surface area (Å²) in [5.74, 6) is 0.706. The number of hydrogen-bond donors (Lipinski definition) is 1. The van der Waals surface area contributed by atoms with Crippen LogP contribution in [0.4, 0.5) is 0 Å². The van der Waals surface area contributed by atoms with E-state index in [0.717, 1.165) is 19.5 Å². The van der Waals surface area contributed by atoms with Gasteiger partial charge in [0.15, 0.2) is 0 Å². The molecule has 0 atom stereocenters. The largest absolute Gasteiger partial charge is 0.303 e. The van der Waals surface area contributed by atoms with Gasteiger partial charge in [0, 0.05) is 6.54 Å². The Kier molecular flexibility index (Phi) is 6.31. The molecule has 4 nitrogen and oxygen atoms in total. The first-order chi connectivity index (χ1) is 6.35. The average molecular weight is 222 g/mol. The molecule has 0 bridgehead atoms. The molecule has 0 amide bonds. The normalized spacial score (nSPS) is 12.7. The molecule has 0 saturated heterocycles. The summed E-state index contributed by atoms with van der Waals surface area (Å²) < 4.78 is 21.5. The van der Waals surface area contributed by atoms with E-state index in [4.69, 9.17) is 5.14 Å². The second-order valence-corrected chi connectivity index (χ2v) is 5.72. The maximum Gasteiger partial charge on any atom is 0.210 e. The van der Waals surface area contributed by atoms with Gasteiger partial charge in [-0.3, -0.25) is 0 Å². The molecule has 14 heavy (non-hydrogen) atoms. The minimum Gasteiger partial charge on any atom is -0.303 e. The minimum atomic E-state index is -3.31. The third-order valence-electron chi connectivity index (χ3n) is 2.16. The molecule has 86 valence electrons. The summed E-state index contributed by atoms with van der Waals surface area (Å²) in [5.41, 5.74) is 0. The predicted octanol–water partition coefficient (Wildman–Crippen LogP) is 0.643. The van der Waals surface area contributed by atoms with E-state index in [0.29, 0.717) is 12.5 Å². The molecule has 0 heterocycles. The molecule has 0 saturated carbocycles. The molecule has 0 aromatic heterocycles. The van der Waals surface area contributed by atoms with Crippen molar-refractivity contribution < 1.29 is 8.42 Å². The average Bonchev–Trinajstić information content (AvgIpc) is 2.02. The van der Waals surface area contributed by atoms with Gasteiger partial charge in [-0.2, -0.15) is 0 Å². The lowest BCUT2D eigenvalue weighted by atomic mass is 10.1. The van der Waals surface area contributed by atoms with Crippen molar-refractivity contribution in [3.8, 4) is 0 Å². The molecule has 0 spiro atoms. The van der Waals surface area contributed by atoms with Crippen LogP contribution in [0.25, 0.3) is 0 Å². The summed E-state index contributed by atoms with van der Waals surface area (Å²) in [6, 6.07) is 0. The Morgan fingerprint density at radius 1 is 1.29 bits per heavy atom. The molecule has 5 heteroatoms. The fourth-order valence-electron chi connectivity index (χ4n) is 1.13. The van der Waals surface area contributed by atoms with Crippen LogP contribution in [-0.2, 0) is 10.0 Å². The molecule has 0 rings (SSSR count). The Hall–Kier alpha value is -0.130. The van der Waals surface area contributed by atoms with Crippen molar-refractivity contribution in [2.45, 2.75) is 27.2 Å². The number of rotatable bonds is 7. The first kappa shape index (κ1) is 13.9. The number of primary sulfonamides is 1. The van der Waals surface area contributed by atoms with Crippen molar-refractivity contribution >= 4 is 10.0 Å². The van der Waals surface area contributed by atoms with Crippen LogP contribution in [-0.4, -0.2) is 38.7 Å². The summed E-state index contributed by atoms with van der Waals surface area (Å²) in [7, 11) is -3.31. The van der Waals surface area contributed by atoms with Crippen molar-refractivity contribution in [2.75, 3.05) is 25.4 Å². The maximum atomic E-state index is 10.7. The van der Waals surface area contributed by atoms with Crippen molar-refractivity contribution in [1.82, 2.24) is 4.90 Å². The van der Waals surface area contributed by atoms with Gasteiger partial charge in [0.1, 0.15) is 0 Å². The molecule has 0 aliphatic carbocycles. The standard InChI is InChI=1S/C9H22N2O2S/c1-4-11(6-5-9(2)3)7-8-14(10,12)13/h9H,4-8H2,1-3H3,(H2,10,12,13). The van der Waals surface area contributed by atoms with Gasteiger partial charge < -0.3 is 4.90 Å². The van der Waals surface area contributed by atoms with E-state index in [1.165, 1.54) is 0 Å². The number of nitrogens with two attached hydrogens (primary N) is 1. The highest BCUT2D eigenvalue weighted by atomic mass is 32.2. The van der Waals surface area contributed by atoms with Crippen molar-refractivity contribution in [3.63, 3.8) is 0 Å². The highest BCUT2D eigenvalue weighted by Crippen LogP contribution is 2.01. The molecule has 0 unspecified atom stereocenters. The molecule has 2 N–H and O–H groups in total. The van der Waals surface area contributed by atoms with Gasteiger partial charge in [-0.1, -0.05) is 20.8 Å². The van der Waals surface area contributed by atoms with Crippen molar-refractivity contribution in [2.24, 2.45) is 11.1 Å². The molecule has 0 aliphatic rings. The fourth-order valence-corrected chi connectivity index (χ4v) is 1.64. The minimum absolute atomic E-state index is 0.0545. The lowest BCUT2D eigenvalue weighted by molar-refractivity contribution is 0.284. The second-order valence-electron chi connectivity index (χ2n) is 3.98. The van der Waals surface area contributed by atoms with Gasteiger partial charge in [-0.05, 0) is 25.4 Å². The van der Waals surface area contributed by atoms with Gasteiger partial charge in [-0.15, -0.1) is 0 Å². The molecule has 0 aromatic carbocycles. The summed E-state index contributed by atoms with van der Waals surface area (Å²) in [5, 5.41) is 4.94. The van der Waals surface area contributed by atoms with Crippen LogP contribution < -0.4 is 5.14 Å². The monoisotopic (exact) mass is 222 g/mol. The zero-order chi connectivity index (χ0) is 11.2. The van der Waals surface area contributed by atoms with E-state index in [-0.39, 0.29) is 5.75 Å². The van der Waals surface area contributed by atoms with E-state index >= 15 is 0 Å². The molecule has 0 radical (unpaired) electrons. The van der Waals surface area contributed by atoms with E-state index in [9.17, 15) is 8.42 Å². The molecular formula is C9H22N2O2S.